The van der Waals surface area contributed by atoms with Crippen LogP contribution in [0.25, 0.3) is 10.8 Å². The average Bonchev–Trinajstić information content (AvgIpc) is 2.96. The van der Waals surface area contributed by atoms with E-state index >= 15 is 0 Å². The second-order valence-electron chi connectivity index (χ2n) is 11.1. The van der Waals surface area contributed by atoms with Crippen molar-refractivity contribution in [2.75, 3.05) is 10.8 Å². The van der Waals surface area contributed by atoms with Crippen molar-refractivity contribution in [3.8, 4) is 0 Å². The number of carboxylic acid groups (broad SMARTS) is 1. The number of amides is 2. The van der Waals surface area contributed by atoms with Crippen LogP contribution in [0.4, 0.5) is 10.5 Å². The van der Waals surface area contributed by atoms with E-state index in [1.54, 1.807) is 45.0 Å². The van der Waals surface area contributed by atoms with Gasteiger partial charge in [-0.05, 0) is 79.1 Å². The lowest BCUT2D eigenvalue weighted by Crippen LogP contribution is -2.35. The molecule has 13 heteroatoms. The molecule has 4 aromatic rings. The average molecular weight is 673 g/mol. The van der Waals surface area contributed by atoms with Gasteiger partial charge in [-0.1, -0.05) is 65.7 Å². The Morgan fingerprint density at radius 2 is 1.44 bits per heavy atom. The predicted octanol–water partition coefficient (Wildman–Crippen LogP) is 6.38. The van der Waals surface area contributed by atoms with Gasteiger partial charge in [0, 0.05) is 28.7 Å². The summed E-state index contributed by atoms with van der Waals surface area (Å²) in [7, 11) is -4.37. The molecule has 0 fully saturated rings. The number of carbonyl (C=O) groups excluding carboxylic acids is 2. The van der Waals surface area contributed by atoms with Crippen LogP contribution in [0.15, 0.2) is 83.8 Å². The van der Waals surface area contributed by atoms with Gasteiger partial charge in [0.25, 0.3) is 15.9 Å². The number of benzene rings is 4. The number of alkyl carbamates (subject to hydrolysis) is 1. The molecule has 10 nitrogen and oxygen atoms in total. The summed E-state index contributed by atoms with van der Waals surface area (Å²) in [6.45, 7) is 5.03. The third kappa shape index (κ3) is 8.87. The SMILES string of the molecule is CC(C)(C)OC(=O)NCc1ccc(CNC(=O)c2cccc3cc(N(CC(=O)O)S(=O)(=O)c4cc(Cl)cc(Cl)c4)ccc23)cc1. The molecule has 0 aromatic heterocycles. The van der Waals surface area contributed by atoms with E-state index in [0.717, 1.165) is 15.4 Å². The fraction of sp³-hybridized carbons (Fsp3) is 0.219. The molecule has 3 N–H and O–H groups in total. The van der Waals surface area contributed by atoms with Crippen LogP contribution in [0.1, 0.15) is 42.3 Å². The van der Waals surface area contributed by atoms with Crippen molar-refractivity contribution in [3.63, 3.8) is 0 Å². The summed E-state index contributed by atoms with van der Waals surface area (Å²) in [5.74, 6) is -1.72. The first-order valence-electron chi connectivity index (χ1n) is 13.7. The van der Waals surface area contributed by atoms with E-state index in [0.29, 0.717) is 16.3 Å². The second-order valence-corrected chi connectivity index (χ2v) is 13.8. The fourth-order valence-corrected chi connectivity index (χ4v) is 6.54. The van der Waals surface area contributed by atoms with Gasteiger partial charge in [-0.25, -0.2) is 13.2 Å². The summed E-state index contributed by atoms with van der Waals surface area (Å²) < 4.78 is 33.0. The highest BCUT2D eigenvalue weighted by molar-refractivity contribution is 7.92. The Morgan fingerprint density at radius 3 is 2.02 bits per heavy atom. The molecule has 0 unspecified atom stereocenters. The van der Waals surface area contributed by atoms with Crippen LogP contribution >= 0.6 is 23.2 Å². The number of carbonyl (C=O) groups is 3. The maximum Gasteiger partial charge on any atom is 0.407 e. The highest BCUT2D eigenvalue weighted by Gasteiger charge is 2.28. The molecule has 0 saturated carbocycles. The van der Waals surface area contributed by atoms with Gasteiger partial charge in [0.15, 0.2) is 0 Å². The topological polar surface area (TPSA) is 142 Å². The molecule has 0 spiro atoms. The van der Waals surface area contributed by atoms with Gasteiger partial charge in [0.1, 0.15) is 12.1 Å². The zero-order valence-electron chi connectivity index (χ0n) is 24.6. The number of hydrogen-bond donors (Lipinski definition) is 3. The molecule has 0 radical (unpaired) electrons. The van der Waals surface area contributed by atoms with Gasteiger partial charge in [-0.2, -0.15) is 0 Å². The summed E-state index contributed by atoms with van der Waals surface area (Å²) in [6.07, 6.45) is -0.511. The van der Waals surface area contributed by atoms with Gasteiger partial charge in [-0.15, -0.1) is 0 Å². The Hall–Kier alpha value is -4.32. The van der Waals surface area contributed by atoms with Gasteiger partial charge in [0.2, 0.25) is 0 Å². The van der Waals surface area contributed by atoms with Crippen molar-refractivity contribution in [2.45, 2.75) is 44.4 Å². The molecule has 0 bridgehead atoms. The molecule has 0 aliphatic rings. The molecule has 2 amide bonds. The number of nitrogens with zero attached hydrogens (tertiary/aromatic N) is 1. The minimum Gasteiger partial charge on any atom is -0.480 e. The summed E-state index contributed by atoms with van der Waals surface area (Å²) >= 11 is 12.0. The largest absolute Gasteiger partial charge is 0.480 e. The van der Waals surface area contributed by atoms with E-state index in [1.807, 2.05) is 24.3 Å². The maximum atomic E-state index is 13.5. The minimum absolute atomic E-state index is 0.0802. The number of carboxylic acids is 1. The third-order valence-corrected chi connectivity index (χ3v) is 8.60. The molecule has 236 valence electrons. The third-order valence-electron chi connectivity index (χ3n) is 6.41. The van der Waals surface area contributed by atoms with Crippen molar-refractivity contribution >= 4 is 67.7 Å². The number of anilines is 1. The van der Waals surface area contributed by atoms with Crippen molar-refractivity contribution < 1.29 is 32.6 Å². The van der Waals surface area contributed by atoms with E-state index < -0.39 is 34.2 Å². The highest BCUT2D eigenvalue weighted by Crippen LogP contribution is 2.31. The zero-order chi connectivity index (χ0) is 32.9. The van der Waals surface area contributed by atoms with Crippen molar-refractivity contribution in [1.29, 1.82) is 0 Å². The van der Waals surface area contributed by atoms with E-state index in [1.165, 1.54) is 30.3 Å². The Kier molecular flexibility index (Phi) is 10.3. The quantitative estimate of drug-likeness (QED) is 0.178. The Bertz CT molecular complexity index is 1840. The van der Waals surface area contributed by atoms with Crippen LogP contribution in [-0.2, 0) is 32.6 Å². The molecule has 0 aliphatic heterocycles. The van der Waals surface area contributed by atoms with E-state index in [2.05, 4.69) is 10.6 Å². The van der Waals surface area contributed by atoms with Gasteiger partial charge < -0.3 is 20.5 Å². The minimum atomic E-state index is -4.37. The standard InChI is InChI=1S/C32H31Cl2N3O7S/c1-32(2,3)44-31(41)36-18-21-9-7-20(8-10-21)17-35-30(40)28-6-4-5-22-13-25(11-12-27(22)28)37(19-29(38)39)45(42,43)26-15-23(33)14-24(34)16-26/h4-16H,17-19H2,1-3H3,(H,35,40)(H,36,41)(H,38,39). The van der Waals surface area contributed by atoms with Crippen molar-refractivity contribution in [1.82, 2.24) is 10.6 Å². The van der Waals surface area contributed by atoms with Crippen LogP contribution in [-0.4, -0.2) is 43.6 Å². The monoisotopic (exact) mass is 671 g/mol. The number of ether oxygens (including phenoxy) is 1. The number of rotatable bonds is 10. The second kappa shape index (κ2) is 13.8. The molecular weight excluding hydrogens is 641 g/mol. The number of fused-ring (bicyclic) bond motifs is 1. The smallest absolute Gasteiger partial charge is 0.407 e. The Balaban J connectivity index is 1.50. The fourth-order valence-electron chi connectivity index (χ4n) is 4.41. The molecule has 0 aliphatic carbocycles. The number of sulfonamides is 1. The molecule has 4 aromatic carbocycles. The van der Waals surface area contributed by atoms with E-state index in [9.17, 15) is 27.9 Å². The van der Waals surface area contributed by atoms with Crippen molar-refractivity contribution in [3.05, 3.63) is 106 Å². The van der Waals surface area contributed by atoms with Gasteiger partial charge in [0.05, 0.1) is 10.6 Å². The molecule has 4 rings (SSSR count). The first kappa shape index (κ1) is 33.6. The number of aliphatic carboxylic acids is 1. The lowest BCUT2D eigenvalue weighted by Gasteiger charge is -2.23. The predicted molar refractivity (Wildman–Crippen MR) is 173 cm³/mol. The molecular formula is C32H31Cl2N3O7S. The number of hydrogen-bond acceptors (Lipinski definition) is 6. The van der Waals surface area contributed by atoms with Gasteiger partial charge >= 0.3 is 12.1 Å². The maximum absolute atomic E-state index is 13.5. The summed E-state index contributed by atoms with van der Waals surface area (Å²) in [4.78, 5) is 36.5. The normalized spacial score (nSPS) is 11.6. The van der Waals surface area contributed by atoms with E-state index in [-0.39, 0.29) is 39.6 Å². The van der Waals surface area contributed by atoms with Gasteiger partial charge in [-0.3, -0.25) is 13.9 Å². The Labute approximate surface area is 270 Å². The number of nitrogens with one attached hydrogen (secondary N) is 2. The van der Waals surface area contributed by atoms with Crippen LogP contribution in [0.5, 0.6) is 0 Å². The molecule has 0 saturated heterocycles. The first-order valence-corrected chi connectivity index (χ1v) is 15.9. The van der Waals surface area contributed by atoms with Crippen LogP contribution < -0.4 is 14.9 Å². The van der Waals surface area contributed by atoms with E-state index in [4.69, 9.17) is 27.9 Å². The zero-order valence-corrected chi connectivity index (χ0v) is 27.0. The molecule has 0 atom stereocenters. The number of halogens is 2. The lowest BCUT2D eigenvalue weighted by molar-refractivity contribution is -0.135. The van der Waals surface area contributed by atoms with Crippen LogP contribution in [0.3, 0.4) is 0 Å². The van der Waals surface area contributed by atoms with Crippen LogP contribution in [0, 0.1) is 0 Å². The highest BCUT2D eigenvalue weighted by atomic mass is 35.5. The van der Waals surface area contributed by atoms with Crippen molar-refractivity contribution in [2.24, 2.45) is 0 Å². The van der Waals surface area contributed by atoms with Crippen LogP contribution in [0.2, 0.25) is 10.0 Å². The lowest BCUT2D eigenvalue weighted by atomic mass is 10.0. The first-order chi connectivity index (χ1) is 21.1. The summed E-state index contributed by atoms with van der Waals surface area (Å²) in [5, 5.41) is 16.3. The summed E-state index contributed by atoms with van der Waals surface area (Å²) in [5.41, 5.74) is 1.54. The molecule has 45 heavy (non-hydrogen) atoms. The molecule has 0 heterocycles. The summed E-state index contributed by atoms with van der Waals surface area (Å²) in [6, 6.07) is 20.6. The Morgan fingerprint density at radius 1 is 0.844 bits per heavy atom.